The molecular formula is C18H23N3O3. The van der Waals surface area contributed by atoms with Crippen molar-refractivity contribution in [3.8, 4) is 0 Å². The van der Waals surface area contributed by atoms with Crippen molar-refractivity contribution < 1.29 is 14.4 Å². The van der Waals surface area contributed by atoms with Gasteiger partial charge >= 0.3 is 0 Å². The molecule has 1 aromatic carbocycles. The topological polar surface area (TPSA) is 78.5 Å². The van der Waals surface area contributed by atoms with Gasteiger partial charge in [0, 0.05) is 38.2 Å². The molecule has 3 amide bonds. The molecule has 1 saturated heterocycles. The fraction of sp³-hybridized carbons (Fsp3) is 0.500. The van der Waals surface area contributed by atoms with Crippen LogP contribution in [0.15, 0.2) is 18.2 Å². The number of carbonyl (C=O) groups excluding carboxylic acids is 3. The van der Waals surface area contributed by atoms with Crippen LogP contribution in [0.25, 0.3) is 0 Å². The van der Waals surface area contributed by atoms with Crippen molar-refractivity contribution in [3.63, 3.8) is 0 Å². The van der Waals surface area contributed by atoms with Gasteiger partial charge in [-0.15, -0.1) is 0 Å². The van der Waals surface area contributed by atoms with Crippen LogP contribution in [-0.4, -0.2) is 42.3 Å². The molecule has 0 radical (unpaired) electrons. The minimum atomic E-state index is 0.00226. The zero-order valence-electron chi connectivity index (χ0n) is 13.9. The largest absolute Gasteiger partial charge is 0.356 e. The Kier molecular flexibility index (Phi) is 4.83. The highest BCUT2D eigenvalue weighted by Gasteiger charge is 2.25. The number of fused-ring (bicyclic) bond motifs is 1. The van der Waals surface area contributed by atoms with Crippen molar-refractivity contribution in [2.75, 3.05) is 25.0 Å². The predicted octanol–water partition coefficient (Wildman–Crippen LogP) is 1.10. The Balaban J connectivity index is 1.44. The Labute approximate surface area is 141 Å². The normalized spacial score (nSPS) is 17.4. The first-order valence-corrected chi connectivity index (χ1v) is 8.48. The van der Waals surface area contributed by atoms with E-state index in [1.807, 2.05) is 18.2 Å². The Bertz CT molecular complexity index is 663. The zero-order chi connectivity index (χ0) is 17.1. The molecule has 1 aromatic rings. The third kappa shape index (κ3) is 3.75. The molecule has 0 aliphatic carbocycles. The van der Waals surface area contributed by atoms with Gasteiger partial charge in [0.25, 0.3) is 0 Å². The molecule has 2 aliphatic heterocycles. The first-order valence-electron chi connectivity index (χ1n) is 8.48. The molecule has 0 saturated carbocycles. The molecule has 6 nitrogen and oxygen atoms in total. The van der Waals surface area contributed by atoms with Gasteiger partial charge in [0.1, 0.15) is 0 Å². The van der Waals surface area contributed by atoms with Gasteiger partial charge in [0.15, 0.2) is 0 Å². The molecule has 0 aromatic heterocycles. The quantitative estimate of drug-likeness (QED) is 0.868. The summed E-state index contributed by atoms with van der Waals surface area (Å²) in [6, 6.07) is 5.95. The number of carbonyl (C=O) groups is 3. The summed E-state index contributed by atoms with van der Waals surface area (Å²) in [5, 5.41) is 5.81. The SMILES string of the molecule is CC(=O)N1CCC(C(=O)NCCc2ccc3c(c2)CC(=O)N3)CC1. The lowest BCUT2D eigenvalue weighted by Crippen LogP contribution is -2.42. The number of hydrogen-bond donors (Lipinski definition) is 2. The maximum atomic E-state index is 12.2. The maximum absolute atomic E-state index is 12.2. The number of hydrogen-bond acceptors (Lipinski definition) is 3. The summed E-state index contributed by atoms with van der Waals surface area (Å²) in [6.45, 7) is 3.49. The number of anilines is 1. The second kappa shape index (κ2) is 7.03. The third-order valence-electron chi connectivity index (χ3n) is 4.82. The van der Waals surface area contributed by atoms with E-state index in [0.29, 0.717) is 26.1 Å². The molecule has 3 rings (SSSR count). The Morgan fingerprint density at radius 2 is 2.04 bits per heavy atom. The Morgan fingerprint density at radius 1 is 1.29 bits per heavy atom. The molecule has 0 spiro atoms. The van der Waals surface area contributed by atoms with Crippen LogP contribution < -0.4 is 10.6 Å². The number of rotatable bonds is 4. The van der Waals surface area contributed by atoms with E-state index in [-0.39, 0.29) is 23.6 Å². The van der Waals surface area contributed by atoms with Crippen LogP contribution in [0.1, 0.15) is 30.9 Å². The summed E-state index contributed by atoms with van der Waals surface area (Å²) in [5.74, 6) is 0.199. The third-order valence-corrected chi connectivity index (χ3v) is 4.82. The highest BCUT2D eigenvalue weighted by Crippen LogP contribution is 2.24. The van der Waals surface area contributed by atoms with Gasteiger partial charge in [-0.25, -0.2) is 0 Å². The molecule has 128 valence electrons. The molecular weight excluding hydrogens is 306 g/mol. The summed E-state index contributed by atoms with van der Waals surface area (Å²) in [7, 11) is 0. The van der Waals surface area contributed by atoms with Gasteiger partial charge in [0.2, 0.25) is 17.7 Å². The van der Waals surface area contributed by atoms with E-state index in [1.54, 1.807) is 11.8 Å². The first-order chi connectivity index (χ1) is 11.5. The lowest BCUT2D eigenvalue weighted by atomic mass is 9.96. The van der Waals surface area contributed by atoms with Crippen molar-refractivity contribution in [2.45, 2.75) is 32.6 Å². The van der Waals surface area contributed by atoms with E-state index >= 15 is 0 Å². The molecule has 0 unspecified atom stereocenters. The second-order valence-electron chi connectivity index (χ2n) is 6.54. The van der Waals surface area contributed by atoms with Crippen LogP contribution in [0, 0.1) is 5.92 Å². The minimum absolute atomic E-state index is 0.00226. The highest BCUT2D eigenvalue weighted by atomic mass is 16.2. The van der Waals surface area contributed by atoms with Gasteiger partial charge < -0.3 is 15.5 Å². The monoisotopic (exact) mass is 329 g/mol. The summed E-state index contributed by atoms with van der Waals surface area (Å²) >= 11 is 0. The average molecular weight is 329 g/mol. The number of amides is 3. The maximum Gasteiger partial charge on any atom is 0.228 e. The van der Waals surface area contributed by atoms with Crippen LogP contribution in [0.2, 0.25) is 0 Å². The van der Waals surface area contributed by atoms with Crippen LogP contribution >= 0.6 is 0 Å². The van der Waals surface area contributed by atoms with E-state index in [9.17, 15) is 14.4 Å². The first kappa shape index (κ1) is 16.5. The van der Waals surface area contributed by atoms with Crippen molar-refractivity contribution >= 4 is 23.4 Å². The van der Waals surface area contributed by atoms with E-state index < -0.39 is 0 Å². The molecule has 0 atom stereocenters. The number of piperidine rings is 1. The number of likely N-dealkylation sites (tertiary alicyclic amines) is 1. The van der Waals surface area contributed by atoms with Crippen molar-refractivity contribution in [1.82, 2.24) is 10.2 Å². The lowest BCUT2D eigenvalue weighted by Gasteiger charge is -2.30. The van der Waals surface area contributed by atoms with Gasteiger partial charge in [-0.1, -0.05) is 12.1 Å². The molecule has 1 fully saturated rings. The van der Waals surface area contributed by atoms with Gasteiger partial charge in [-0.3, -0.25) is 14.4 Å². The van der Waals surface area contributed by atoms with Crippen LogP contribution in [0.3, 0.4) is 0 Å². The molecule has 2 N–H and O–H groups in total. The van der Waals surface area contributed by atoms with E-state index in [2.05, 4.69) is 10.6 Å². The fourth-order valence-electron chi connectivity index (χ4n) is 3.37. The average Bonchev–Trinajstić information content (AvgIpc) is 2.94. The second-order valence-corrected chi connectivity index (χ2v) is 6.54. The van der Waals surface area contributed by atoms with Crippen molar-refractivity contribution in [3.05, 3.63) is 29.3 Å². The van der Waals surface area contributed by atoms with E-state index in [4.69, 9.17) is 0 Å². The summed E-state index contributed by atoms with van der Waals surface area (Å²) in [6.07, 6.45) is 2.65. The minimum Gasteiger partial charge on any atom is -0.356 e. The van der Waals surface area contributed by atoms with E-state index in [1.165, 1.54) is 0 Å². The van der Waals surface area contributed by atoms with Crippen LogP contribution in [0.5, 0.6) is 0 Å². The lowest BCUT2D eigenvalue weighted by molar-refractivity contribution is -0.133. The fourth-order valence-corrected chi connectivity index (χ4v) is 3.37. The molecule has 0 bridgehead atoms. The summed E-state index contributed by atoms with van der Waals surface area (Å²) < 4.78 is 0. The van der Waals surface area contributed by atoms with Crippen molar-refractivity contribution in [2.24, 2.45) is 5.92 Å². The molecule has 2 heterocycles. The van der Waals surface area contributed by atoms with Crippen LogP contribution in [0.4, 0.5) is 5.69 Å². The Hall–Kier alpha value is -2.37. The Morgan fingerprint density at radius 3 is 2.75 bits per heavy atom. The number of benzene rings is 1. The molecule has 2 aliphatic rings. The van der Waals surface area contributed by atoms with Gasteiger partial charge in [0.05, 0.1) is 6.42 Å². The zero-order valence-corrected chi connectivity index (χ0v) is 13.9. The molecule has 6 heteroatoms. The van der Waals surface area contributed by atoms with Crippen LogP contribution in [-0.2, 0) is 27.2 Å². The predicted molar refractivity (Wildman–Crippen MR) is 90.5 cm³/mol. The summed E-state index contributed by atoms with van der Waals surface area (Å²) in [5.41, 5.74) is 3.04. The highest BCUT2D eigenvalue weighted by molar-refractivity contribution is 5.99. The van der Waals surface area contributed by atoms with Gasteiger partial charge in [-0.2, -0.15) is 0 Å². The standard InChI is InChI=1S/C18H23N3O3/c1-12(22)21-8-5-14(6-9-21)18(24)19-7-4-13-2-3-16-15(10-13)11-17(23)20-16/h2-3,10,14H,4-9,11H2,1H3,(H,19,24)(H,20,23). The summed E-state index contributed by atoms with van der Waals surface area (Å²) in [4.78, 5) is 36.7. The van der Waals surface area contributed by atoms with Crippen molar-refractivity contribution in [1.29, 1.82) is 0 Å². The number of nitrogens with zero attached hydrogens (tertiary/aromatic N) is 1. The molecule has 24 heavy (non-hydrogen) atoms. The smallest absolute Gasteiger partial charge is 0.228 e. The number of nitrogens with one attached hydrogen (secondary N) is 2. The van der Waals surface area contributed by atoms with Gasteiger partial charge in [-0.05, 0) is 36.5 Å². The van der Waals surface area contributed by atoms with E-state index in [0.717, 1.165) is 36.1 Å².